The van der Waals surface area contributed by atoms with Crippen molar-refractivity contribution in [2.24, 2.45) is 5.92 Å². The summed E-state index contributed by atoms with van der Waals surface area (Å²) < 4.78 is 5.82. The van der Waals surface area contributed by atoms with Gasteiger partial charge < -0.3 is 9.84 Å². The van der Waals surface area contributed by atoms with Gasteiger partial charge in [0.15, 0.2) is 0 Å². The van der Waals surface area contributed by atoms with Crippen LogP contribution in [0, 0.1) is 5.92 Å². The van der Waals surface area contributed by atoms with Crippen LogP contribution in [0.1, 0.15) is 31.7 Å². The summed E-state index contributed by atoms with van der Waals surface area (Å²) in [4.78, 5) is 0. The van der Waals surface area contributed by atoms with Gasteiger partial charge >= 0.3 is 0 Å². The maximum absolute atomic E-state index is 10.2. The van der Waals surface area contributed by atoms with Gasteiger partial charge in [-0.3, -0.25) is 0 Å². The molecule has 0 radical (unpaired) electrons. The van der Waals surface area contributed by atoms with Crippen molar-refractivity contribution in [3.05, 3.63) is 35.9 Å². The molecule has 1 aromatic carbocycles. The van der Waals surface area contributed by atoms with Gasteiger partial charge in [-0.1, -0.05) is 44.2 Å². The first-order valence-corrected chi connectivity index (χ1v) is 6.03. The second kappa shape index (κ2) is 4.98. The van der Waals surface area contributed by atoms with Crippen molar-refractivity contribution in [1.29, 1.82) is 0 Å². The SMILES string of the molecule is CC(C)[C@@H]1C[C@H](O)[C@@H](c2ccccc2)CO1. The van der Waals surface area contributed by atoms with Gasteiger partial charge in [0.25, 0.3) is 0 Å². The van der Waals surface area contributed by atoms with Crippen molar-refractivity contribution in [1.82, 2.24) is 0 Å². The average Bonchev–Trinajstić information content (AvgIpc) is 2.30. The number of ether oxygens (including phenoxy) is 1. The standard InChI is InChI=1S/C14H20O2/c1-10(2)14-8-13(15)12(9-16-14)11-6-4-3-5-7-11/h3-7,10,12-15H,8-9H2,1-2H3/t12-,13+,14+/m1/s1. The van der Waals surface area contributed by atoms with Crippen LogP contribution in [0.5, 0.6) is 0 Å². The lowest BCUT2D eigenvalue weighted by Crippen LogP contribution is -2.38. The van der Waals surface area contributed by atoms with E-state index >= 15 is 0 Å². The lowest BCUT2D eigenvalue weighted by atomic mass is 9.86. The highest BCUT2D eigenvalue weighted by Crippen LogP contribution is 2.30. The molecule has 2 rings (SSSR count). The van der Waals surface area contributed by atoms with E-state index in [2.05, 4.69) is 26.0 Å². The molecule has 0 bridgehead atoms. The number of aliphatic hydroxyl groups excluding tert-OH is 1. The van der Waals surface area contributed by atoms with Crippen molar-refractivity contribution in [3.8, 4) is 0 Å². The Morgan fingerprint density at radius 3 is 2.50 bits per heavy atom. The predicted octanol–water partition coefficient (Wildman–Crippen LogP) is 2.58. The molecule has 2 nitrogen and oxygen atoms in total. The molecule has 16 heavy (non-hydrogen) atoms. The molecule has 1 aliphatic rings. The highest BCUT2D eigenvalue weighted by molar-refractivity contribution is 5.21. The van der Waals surface area contributed by atoms with Crippen LogP contribution in [-0.2, 0) is 4.74 Å². The lowest BCUT2D eigenvalue weighted by Gasteiger charge is -2.35. The minimum absolute atomic E-state index is 0.135. The molecule has 0 spiro atoms. The fourth-order valence-electron chi connectivity index (χ4n) is 2.29. The van der Waals surface area contributed by atoms with Gasteiger partial charge in [0.2, 0.25) is 0 Å². The smallest absolute Gasteiger partial charge is 0.0655 e. The first kappa shape index (κ1) is 11.6. The summed E-state index contributed by atoms with van der Waals surface area (Å²) in [5.74, 6) is 0.613. The molecule has 3 atom stereocenters. The van der Waals surface area contributed by atoms with Crippen LogP contribution in [0.3, 0.4) is 0 Å². The van der Waals surface area contributed by atoms with Crippen LogP contribution in [-0.4, -0.2) is 23.9 Å². The molecule has 1 aromatic rings. The second-order valence-corrected chi connectivity index (χ2v) is 4.94. The van der Waals surface area contributed by atoms with E-state index < -0.39 is 0 Å². The third kappa shape index (κ3) is 2.45. The minimum atomic E-state index is -0.274. The van der Waals surface area contributed by atoms with E-state index in [1.54, 1.807) is 0 Å². The summed E-state index contributed by atoms with van der Waals surface area (Å²) in [5.41, 5.74) is 1.18. The molecule has 1 aliphatic heterocycles. The largest absolute Gasteiger partial charge is 0.392 e. The molecule has 1 saturated heterocycles. The molecule has 88 valence electrons. The molecule has 0 amide bonds. The van der Waals surface area contributed by atoms with Crippen molar-refractivity contribution >= 4 is 0 Å². The molecular weight excluding hydrogens is 200 g/mol. The third-order valence-corrected chi connectivity index (χ3v) is 3.40. The normalized spacial score (nSPS) is 30.6. The van der Waals surface area contributed by atoms with Crippen LogP contribution < -0.4 is 0 Å². The zero-order valence-electron chi connectivity index (χ0n) is 9.97. The maximum Gasteiger partial charge on any atom is 0.0655 e. The highest BCUT2D eigenvalue weighted by Gasteiger charge is 2.31. The summed E-state index contributed by atoms with van der Waals surface area (Å²) in [7, 11) is 0. The van der Waals surface area contributed by atoms with Crippen LogP contribution in [0.2, 0.25) is 0 Å². The van der Waals surface area contributed by atoms with E-state index in [4.69, 9.17) is 4.74 Å². The average molecular weight is 220 g/mol. The Bertz CT molecular complexity index is 321. The Hall–Kier alpha value is -0.860. The Kier molecular flexibility index (Phi) is 3.62. The van der Waals surface area contributed by atoms with E-state index in [9.17, 15) is 5.11 Å². The van der Waals surface area contributed by atoms with Gasteiger partial charge in [0, 0.05) is 12.3 Å². The summed E-state index contributed by atoms with van der Waals surface area (Å²) >= 11 is 0. The van der Waals surface area contributed by atoms with Crippen LogP contribution >= 0.6 is 0 Å². The van der Waals surface area contributed by atoms with Gasteiger partial charge in [0.05, 0.1) is 18.8 Å². The van der Waals surface area contributed by atoms with Crippen LogP contribution in [0.15, 0.2) is 30.3 Å². The number of hydrogen-bond donors (Lipinski definition) is 1. The van der Waals surface area contributed by atoms with Gasteiger partial charge in [-0.15, -0.1) is 0 Å². The minimum Gasteiger partial charge on any atom is -0.392 e. The first-order valence-electron chi connectivity index (χ1n) is 6.03. The summed E-state index contributed by atoms with van der Waals surface area (Å²) in [6, 6.07) is 10.1. The van der Waals surface area contributed by atoms with Gasteiger partial charge in [0.1, 0.15) is 0 Å². The zero-order chi connectivity index (χ0) is 11.5. The van der Waals surface area contributed by atoms with Crippen molar-refractivity contribution < 1.29 is 9.84 Å². The summed E-state index contributed by atoms with van der Waals surface area (Å²) in [6.07, 6.45) is 0.676. The molecule has 0 saturated carbocycles. The van der Waals surface area contributed by atoms with Crippen LogP contribution in [0.25, 0.3) is 0 Å². The van der Waals surface area contributed by atoms with Gasteiger partial charge in [-0.25, -0.2) is 0 Å². The number of benzene rings is 1. The van der Waals surface area contributed by atoms with Gasteiger partial charge in [-0.05, 0) is 11.5 Å². The molecule has 1 N–H and O–H groups in total. The van der Waals surface area contributed by atoms with E-state index in [1.807, 2.05) is 18.2 Å². The molecule has 2 heteroatoms. The molecular formula is C14H20O2. The molecule has 0 aliphatic carbocycles. The molecule has 0 aromatic heterocycles. The molecule has 1 heterocycles. The number of hydrogen-bond acceptors (Lipinski definition) is 2. The van der Waals surface area contributed by atoms with Crippen LogP contribution in [0.4, 0.5) is 0 Å². The van der Waals surface area contributed by atoms with E-state index in [-0.39, 0.29) is 18.1 Å². The highest BCUT2D eigenvalue weighted by atomic mass is 16.5. The Labute approximate surface area is 97.3 Å². The summed E-state index contributed by atoms with van der Waals surface area (Å²) in [6.45, 7) is 4.91. The quantitative estimate of drug-likeness (QED) is 0.830. The number of rotatable bonds is 2. The maximum atomic E-state index is 10.2. The Morgan fingerprint density at radius 2 is 1.94 bits per heavy atom. The van der Waals surface area contributed by atoms with Crippen molar-refractivity contribution in [3.63, 3.8) is 0 Å². The summed E-state index contributed by atoms with van der Waals surface area (Å²) in [5, 5.41) is 10.2. The monoisotopic (exact) mass is 220 g/mol. The van der Waals surface area contributed by atoms with Gasteiger partial charge in [-0.2, -0.15) is 0 Å². The fraction of sp³-hybridized carbons (Fsp3) is 0.571. The zero-order valence-corrected chi connectivity index (χ0v) is 9.97. The van der Waals surface area contributed by atoms with E-state index in [0.717, 1.165) is 6.42 Å². The lowest BCUT2D eigenvalue weighted by molar-refractivity contribution is -0.0770. The Morgan fingerprint density at radius 1 is 1.25 bits per heavy atom. The fourth-order valence-corrected chi connectivity index (χ4v) is 2.29. The van der Waals surface area contributed by atoms with E-state index in [1.165, 1.54) is 5.56 Å². The predicted molar refractivity (Wildman–Crippen MR) is 64.4 cm³/mol. The molecule has 1 fully saturated rings. The topological polar surface area (TPSA) is 29.5 Å². The van der Waals surface area contributed by atoms with Crippen molar-refractivity contribution in [2.75, 3.05) is 6.61 Å². The second-order valence-electron chi connectivity index (χ2n) is 4.94. The van der Waals surface area contributed by atoms with E-state index in [0.29, 0.717) is 12.5 Å². The first-order chi connectivity index (χ1) is 7.68. The Balaban J connectivity index is 2.05. The third-order valence-electron chi connectivity index (χ3n) is 3.40. The number of aliphatic hydroxyl groups is 1. The molecule has 0 unspecified atom stereocenters. The van der Waals surface area contributed by atoms with Crippen molar-refractivity contribution in [2.45, 2.75) is 38.4 Å².